The molecule has 1 amide bonds. The first-order valence-corrected chi connectivity index (χ1v) is 10.2. The zero-order chi connectivity index (χ0) is 17.9. The van der Waals surface area contributed by atoms with Gasteiger partial charge in [-0.05, 0) is 35.3 Å². The van der Waals surface area contributed by atoms with Crippen LogP contribution in [0.4, 0.5) is 5.69 Å². The zero-order valence-electron chi connectivity index (χ0n) is 13.5. The van der Waals surface area contributed by atoms with E-state index in [0.29, 0.717) is 5.69 Å². The van der Waals surface area contributed by atoms with E-state index in [4.69, 9.17) is 0 Å². The van der Waals surface area contributed by atoms with Crippen molar-refractivity contribution in [3.63, 3.8) is 0 Å². The third kappa shape index (κ3) is 4.62. The van der Waals surface area contributed by atoms with Crippen molar-refractivity contribution in [2.24, 2.45) is 0 Å². The van der Waals surface area contributed by atoms with E-state index in [-0.39, 0.29) is 19.0 Å². The van der Waals surface area contributed by atoms with Gasteiger partial charge < -0.3 is 5.32 Å². The second-order valence-corrected chi connectivity index (χ2v) is 8.46. The number of nitrogens with zero attached hydrogens (tertiary/aromatic N) is 2. The lowest BCUT2D eigenvalue weighted by Gasteiger charge is -2.19. The minimum atomic E-state index is -3.51. The summed E-state index contributed by atoms with van der Waals surface area (Å²) in [6.07, 6.45) is 2.83. The van der Waals surface area contributed by atoms with Crippen LogP contribution >= 0.6 is 11.5 Å². The first-order chi connectivity index (χ1) is 11.9. The summed E-state index contributed by atoms with van der Waals surface area (Å²) in [7, 11) is -3.51. The number of benzene rings is 2. The molecule has 0 aliphatic rings. The molecule has 0 atom stereocenters. The Balaban J connectivity index is 1.71. The molecular formula is C17H17N3O3S2. The SMILES string of the molecule is CS(=O)(=O)N(CC(=O)Nc1ccc2sncc2c1)Cc1ccccc1. The molecule has 0 saturated heterocycles. The summed E-state index contributed by atoms with van der Waals surface area (Å²) in [6, 6.07) is 14.7. The van der Waals surface area contributed by atoms with Gasteiger partial charge in [0.2, 0.25) is 15.9 Å². The highest BCUT2D eigenvalue weighted by molar-refractivity contribution is 7.88. The van der Waals surface area contributed by atoms with Crippen LogP contribution < -0.4 is 5.32 Å². The maximum absolute atomic E-state index is 12.3. The molecule has 0 spiro atoms. The minimum Gasteiger partial charge on any atom is -0.325 e. The average Bonchev–Trinajstić information content (AvgIpc) is 3.02. The van der Waals surface area contributed by atoms with Gasteiger partial charge in [-0.2, -0.15) is 8.68 Å². The van der Waals surface area contributed by atoms with Crippen LogP contribution in [0.5, 0.6) is 0 Å². The van der Waals surface area contributed by atoms with Crippen LogP contribution in [0.1, 0.15) is 5.56 Å². The summed E-state index contributed by atoms with van der Waals surface area (Å²) >= 11 is 1.38. The lowest BCUT2D eigenvalue weighted by molar-refractivity contribution is -0.116. The molecule has 0 radical (unpaired) electrons. The average molecular weight is 375 g/mol. The molecule has 0 saturated carbocycles. The molecule has 0 aliphatic heterocycles. The fourth-order valence-electron chi connectivity index (χ4n) is 2.39. The fraction of sp³-hybridized carbons (Fsp3) is 0.176. The third-order valence-corrected chi connectivity index (χ3v) is 5.60. The highest BCUT2D eigenvalue weighted by Gasteiger charge is 2.20. The highest BCUT2D eigenvalue weighted by Crippen LogP contribution is 2.22. The van der Waals surface area contributed by atoms with Crippen molar-refractivity contribution in [3.8, 4) is 0 Å². The Morgan fingerprint density at radius 1 is 1.20 bits per heavy atom. The largest absolute Gasteiger partial charge is 0.325 e. The molecule has 130 valence electrons. The number of amides is 1. The number of carbonyl (C=O) groups is 1. The molecule has 2 aromatic carbocycles. The van der Waals surface area contributed by atoms with Crippen molar-refractivity contribution in [2.45, 2.75) is 6.54 Å². The van der Waals surface area contributed by atoms with E-state index in [0.717, 1.165) is 26.2 Å². The highest BCUT2D eigenvalue weighted by atomic mass is 32.2. The molecule has 8 heteroatoms. The number of hydrogen-bond acceptors (Lipinski definition) is 5. The number of carbonyl (C=O) groups excluding carboxylic acids is 1. The summed E-state index contributed by atoms with van der Waals surface area (Å²) in [5.74, 6) is -0.385. The van der Waals surface area contributed by atoms with Gasteiger partial charge in [-0.3, -0.25) is 4.79 Å². The van der Waals surface area contributed by atoms with Crippen molar-refractivity contribution in [3.05, 3.63) is 60.3 Å². The summed E-state index contributed by atoms with van der Waals surface area (Å²) in [5.41, 5.74) is 1.44. The van der Waals surface area contributed by atoms with Gasteiger partial charge in [-0.15, -0.1) is 0 Å². The Bertz CT molecular complexity index is 985. The summed E-state index contributed by atoms with van der Waals surface area (Å²) in [4.78, 5) is 12.3. The summed E-state index contributed by atoms with van der Waals surface area (Å²) in [5, 5.41) is 3.68. The van der Waals surface area contributed by atoms with Crippen molar-refractivity contribution in [1.82, 2.24) is 8.68 Å². The van der Waals surface area contributed by atoms with Gasteiger partial charge in [0.1, 0.15) is 0 Å². The summed E-state index contributed by atoms with van der Waals surface area (Å²) < 4.78 is 30.3. The quantitative estimate of drug-likeness (QED) is 0.718. The van der Waals surface area contributed by atoms with E-state index in [9.17, 15) is 13.2 Å². The standard InChI is InChI=1S/C17H17N3O3S2/c1-25(22,23)20(11-13-5-3-2-4-6-13)12-17(21)19-15-7-8-16-14(9-15)10-18-24-16/h2-10H,11-12H2,1H3,(H,19,21). The molecule has 3 rings (SSSR count). The number of fused-ring (bicyclic) bond motifs is 1. The number of hydrogen-bond donors (Lipinski definition) is 1. The Labute approximate surface area is 150 Å². The van der Waals surface area contributed by atoms with Crippen LogP contribution in [0.3, 0.4) is 0 Å². The van der Waals surface area contributed by atoms with Crippen molar-refractivity contribution in [1.29, 1.82) is 0 Å². The Kier molecular flexibility index (Phi) is 5.12. The van der Waals surface area contributed by atoms with E-state index >= 15 is 0 Å². The van der Waals surface area contributed by atoms with Gasteiger partial charge >= 0.3 is 0 Å². The van der Waals surface area contributed by atoms with Crippen molar-refractivity contribution < 1.29 is 13.2 Å². The monoisotopic (exact) mass is 375 g/mol. The maximum atomic E-state index is 12.3. The third-order valence-electron chi connectivity index (χ3n) is 3.63. The number of anilines is 1. The van der Waals surface area contributed by atoms with Crippen LogP contribution in [0.25, 0.3) is 10.1 Å². The number of rotatable bonds is 6. The number of aromatic nitrogens is 1. The second kappa shape index (κ2) is 7.30. The molecule has 1 N–H and O–H groups in total. The van der Waals surface area contributed by atoms with Gasteiger partial charge in [0, 0.05) is 23.8 Å². The van der Waals surface area contributed by atoms with Crippen LogP contribution in [0, 0.1) is 0 Å². The van der Waals surface area contributed by atoms with E-state index in [1.165, 1.54) is 11.5 Å². The predicted molar refractivity (Wildman–Crippen MR) is 99.9 cm³/mol. The molecule has 0 unspecified atom stereocenters. The Morgan fingerprint density at radius 2 is 1.96 bits per heavy atom. The van der Waals surface area contributed by atoms with E-state index in [2.05, 4.69) is 9.69 Å². The van der Waals surface area contributed by atoms with Gasteiger partial charge in [0.25, 0.3) is 0 Å². The number of sulfonamides is 1. The molecule has 3 aromatic rings. The molecule has 0 fully saturated rings. The minimum absolute atomic E-state index is 0.153. The molecule has 1 heterocycles. The molecule has 1 aromatic heterocycles. The maximum Gasteiger partial charge on any atom is 0.239 e. The smallest absolute Gasteiger partial charge is 0.239 e. The Hall–Kier alpha value is -2.29. The molecule has 6 nitrogen and oxygen atoms in total. The van der Waals surface area contributed by atoms with Gasteiger partial charge in [-0.1, -0.05) is 30.3 Å². The van der Waals surface area contributed by atoms with Gasteiger partial charge in [0.15, 0.2) is 0 Å². The first kappa shape index (κ1) is 17.5. The van der Waals surface area contributed by atoms with Crippen LogP contribution in [-0.4, -0.2) is 35.8 Å². The Morgan fingerprint density at radius 3 is 2.68 bits per heavy atom. The molecule has 0 bridgehead atoms. The molecule has 0 aliphatic carbocycles. The molecular weight excluding hydrogens is 358 g/mol. The van der Waals surface area contributed by atoms with Gasteiger partial charge in [0.05, 0.1) is 17.5 Å². The molecule has 25 heavy (non-hydrogen) atoms. The van der Waals surface area contributed by atoms with E-state index in [1.807, 2.05) is 42.5 Å². The first-order valence-electron chi connectivity index (χ1n) is 7.55. The number of nitrogens with one attached hydrogen (secondary N) is 1. The normalized spacial score (nSPS) is 11.8. The second-order valence-electron chi connectivity index (χ2n) is 5.64. The van der Waals surface area contributed by atoms with Crippen molar-refractivity contribution in [2.75, 3.05) is 18.1 Å². The predicted octanol–water partition coefficient (Wildman–Crippen LogP) is 2.70. The van der Waals surface area contributed by atoms with E-state index < -0.39 is 10.0 Å². The lowest BCUT2D eigenvalue weighted by Crippen LogP contribution is -2.36. The fourth-order valence-corrected chi connectivity index (χ4v) is 3.75. The van der Waals surface area contributed by atoms with Crippen LogP contribution in [-0.2, 0) is 21.4 Å². The topological polar surface area (TPSA) is 79.4 Å². The lowest BCUT2D eigenvalue weighted by atomic mass is 10.2. The zero-order valence-corrected chi connectivity index (χ0v) is 15.2. The van der Waals surface area contributed by atoms with E-state index in [1.54, 1.807) is 12.3 Å². The van der Waals surface area contributed by atoms with Crippen LogP contribution in [0.15, 0.2) is 54.7 Å². The van der Waals surface area contributed by atoms with Crippen LogP contribution in [0.2, 0.25) is 0 Å². The summed E-state index contributed by atoms with van der Waals surface area (Å²) in [6.45, 7) is -0.0891. The van der Waals surface area contributed by atoms with Gasteiger partial charge in [-0.25, -0.2) is 8.42 Å². The van der Waals surface area contributed by atoms with Crippen molar-refractivity contribution >= 4 is 43.2 Å².